The molecule has 0 saturated carbocycles. The van der Waals surface area contributed by atoms with Crippen LogP contribution < -0.4 is 10.3 Å². The van der Waals surface area contributed by atoms with Crippen LogP contribution in [0.25, 0.3) is 0 Å². The zero-order valence-electron chi connectivity index (χ0n) is 11.2. The number of nitrogens with one attached hydrogen (secondary N) is 2. The van der Waals surface area contributed by atoms with Crippen molar-refractivity contribution in [2.75, 3.05) is 13.2 Å². The number of benzene rings is 1. The van der Waals surface area contributed by atoms with E-state index in [1.165, 1.54) is 24.1 Å². The van der Waals surface area contributed by atoms with Gasteiger partial charge in [0, 0.05) is 18.5 Å². The van der Waals surface area contributed by atoms with Crippen molar-refractivity contribution in [2.24, 2.45) is 0 Å². The molecule has 0 spiro atoms. The number of ether oxygens (including phenoxy) is 1. The van der Waals surface area contributed by atoms with Gasteiger partial charge in [-0.3, -0.25) is 10.2 Å². The lowest BCUT2D eigenvalue weighted by atomic mass is 10.1. The van der Waals surface area contributed by atoms with Crippen LogP contribution in [-0.2, 0) is 11.3 Å². The fourth-order valence-corrected chi connectivity index (χ4v) is 2.91. The van der Waals surface area contributed by atoms with E-state index in [1.807, 2.05) is 0 Å². The van der Waals surface area contributed by atoms with Gasteiger partial charge in [-0.15, -0.1) is 0 Å². The molecule has 1 amide bonds. The molecule has 1 aliphatic rings. The Balaban J connectivity index is 1.92. The van der Waals surface area contributed by atoms with Crippen molar-refractivity contribution in [1.29, 1.82) is 0 Å². The predicted octanol–water partition coefficient (Wildman–Crippen LogP) is 2.03. The Morgan fingerprint density at radius 2 is 2.19 bits per heavy atom. The summed E-state index contributed by atoms with van der Waals surface area (Å²) in [6, 6.07) is 2.56. The molecule has 8 heteroatoms. The van der Waals surface area contributed by atoms with Crippen molar-refractivity contribution >= 4 is 29.5 Å². The molecule has 0 radical (unpaired) electrons. The number of hydrogen-bond acceptors (Lipinski definition) is 5. The lowest BCUT2D eigenvalue weighted by molar-refractivity contribution is 0.0940. The van der Waals surface area contributed by atoms with Crippen molar-refractivity contribution in [3.05, 3.63) is 34.1 Å². The van der Waals surface area contributed by atoms with Gasteiger partial charge in [0.05, 0.1) is 17.2 Å². The van der Waals surface area contributed by atoms with Gasteiger partial charge in [-0.1, -0.05) is 23.5 Å². The summed E-state index contributed by atoms with van der Waals surface area (Å²) in [6.45, 7) is 1.09. The zero-order chi connectivity index (χ0) is 15.2. The number of rotatable bonds is 5. The quantitative estimate of drug-likeness (QED) is 0.568. The average Bonchev–Trinajstić information content (AvgIpc) is 2.50. The van der Waals surface area contributed by atoms with Gasteiger partial charge in [0.25, 0.3) is 5.91 Å². The van der Waals surface area contributed by atoms with Gasteiger partial charge in [-0.2, -0.15) is 4.83 Å². The summed E-state index contributed by atoms with van der Waals surface area (Å²) < 4.78 is 19.1. The second-order valence-corrected chi connectivity index (χ2v) is 6.10. The molecule has 2 rings (SSSR count). The molecule has 116 valence electrons. The Labute approximate surface area is 131 Å². The number of hydrogen-bond donors (Lipinski definition) is 3. The van der Waals surface area contributed by atoms with Gasteiger partial charge in [0.15, 0.2) is 5.82 Å². The van der Waals surface area contributed by atoms with E-state index in [1.54, 1.807) is 0 Å². The first-order valence-electron chi connectivity index (χ1n) is 6.49. The van der Waals surface area contributed by atoms with Crippen LogP contribution in [0.5, 0.6) is 0 Å². The van der Waals surface area contributed by atoms with Gasteiger partial charge >= 0.3 is 0 Å². The second kappa shape index (κ2) is 7.95. The van der Waals surface area contributed by atoms with E-state index < -0.39 is 11.7 Å². The summed E-state index contributed by atoms with van der Waals surface area (Å²) in [7, 11) is 0. The molecule has 0 bridgehead atoms. The Bertz CT molecular complexity index is 512. The molecule has 0 aromatic heterocycles. The minimum absolute atomic E-state index is 0.191. The van der Waals surface area contributed by atoms with Crippen molar-refractivity contribution in [3.63, 3.8) is 0 Å². The number of hydrazine groups is 1. The van der Waals surface area contributed by atoms with E-state index in [0.717, 1.165) is 12.8 Å². The summed E-state index contributed by atoms with van der Waals surface area (Å²) in [4.78, 5) is 14.7. The van der Waals surface area contributed by atoms with Crippen LogP contribution >= 0.6 is 23.5 Å². The maximum Gasteiger partial charge on any atom is 0.269 e. The minimum atomic E-state index is -0.802. The molecule has 5 nitrogen and oxygen atoms in total. The van der Waals surface area contributed by atoms with Crippen LogP contribution in [0.3, 0.4) is 0 Å². The maximum absolute atomic E-state index is 13.8. The highest BCUT2D eigenvalue weighted by atomic mass is 35.5. The van der Waals surface area contributed by atoms with Crippen LogP contribution in [0.2, 0.25) is 5.02 Å². The number of amides is 1. The maximum atomic E-state index is 13.8. The summed E-state index contributed by atoms with van der Waals surface area (Å²) >= 11 is 7.07. The molecule has 1 aliphatic heterocycles. The highest BCUT2D eigenvalue weighted by Crippen LogP contribution is 2.22. The fraction of sp³-hybridized carbons (Fsp3) is 0.462. The molecular weight excluding hydrogens is 319 g/mol. The second-order valence-electron chi connectivity index (χ2n) is 4.58. The number of halogens is 2. The monoisotopic (exact) mass is 334 g/mol. The zero-order valence-corrected chi connectivity index (χ0v) is 12.8. The molecule has 3 N–H and O–H groups in total. The third kappa shape index (κ3) is 4.55. The van der Waals surface area contributed by atoms with E-state index in [9.17, 15) is 9.18 Å². The lowest BCUT2D eigenvalue weighted by Crippen LogP contribution is -2.35. The van der Waals surface area contributed by atoms with E-state index in [2.05, 4.69) is 10.3 Å². The smallest absolute Gasteiger partial charge is 0.269 e. The van der Waals surface area contributed by atoms with Gasteiger partial charge in [0.2, 0.25) is 0 Å². The van der Waals surface area contributed by atoms with Gasteiger partial charge in [-0.25, -0.2) is 4.39 Å². The fourth-order valence-electron chi connectivity index (χ4n) is 1.92. The van der Waals surface area contributed by atoms with Crippen LogP contribution in [0.4, 0.5) is 4.39 Å². The van der Waals surface area contributed by atoms with E-state index in [-0.39, 0.29) is 17.2 Å². The lowest BCUT2D eigenvalue weighted by Gasteiger charge is -2.21. The Hall–Kier alpha value is -0.860. The van der Waals surface area contributed by atoms with E-state index in [4.69, 9.17) is 21.4 Å². The molecule has 1 fully saturated rings. The highest BCUT2D eigenvalue weighted by Gasteiger charge is 2.18. The standard InChI is InChI=1S/C13H16ClFN2O3S/c14-11-6-8(7-18)5-10(12(11)15)13(19)16-17-21-9-1-3-20-4-2-9/h5-6,9,17-18H,1-4,7H2,(H,16,19). The Kier molecular flexibility index (Phi) is 6.25. The van der Waals surface area contributed by atoms with Crippen molar-refractivity contribution in [3.8, 4) is 0 Å². The van der Waals surface area contributed by atoms with Crippen LogP contribution in [-0.4, -0.2) is 29.5 Å². The van der Waals surface area contributed by atoms with Crippen molar-refractivity contribution < 1.29 is 19.0 Å². The predicted molar refractivity (Wildman–Crippen MR) is 79.4 cm³/mol. The van der Waals surface area contributed by atoms with E-state index in [0.29, 0.717) is 24.0 Å². The average molecular weight is 335 g/mol. The molecule has 0 atom stereocenters. The van der Waals surface area contributed by atoms with Gasteiger partial charge < -0.3 is 9.84 Å². The van der Waals surface area contributed by atoms with Crippen molar-refractivity contribution in [2.45, 2.75) is 24.7 Å². The summed E-state index contributed by atoms with van der Waals surface area (Å²) in [6.07, 6.45) is 1.79. The molecule has 1 aromatic carbocycles. The third-order valence-corrected chi connectivity index (χ3v) is 4.37. The van der Waals surface area contributed by atoms with Gasteiger partial charge in [0.1, 0.15) is 0 Å². The number of aliphatic hydroxyl groups is 1. The first-order chi connectivity index (χ1) is 10.1. The Morgan fingerprint density at radius 1 is 1.48 bits per heavy atom. The summed E-state index contributed by atoms with van der Waals surface area (Å²) in [5, 5.41) is 9.21. The molecule has 1 aromatic rings. The minimum Gasteiger partial charge on any atom is -0.392 e. The van der Waals surface area contributed by atoms with Crippen LogP contribution in [0.15, 0.2) is 12.1 Å². The molecule has 0 unspecified atom stereocenters. The molecule has 0 aliphatic carbocycles. The molecule has 1 saturated heterocycles. The topological polar surface area (TPSA) is 70.6 Å². The largest absolute Gasteiger partial charge is 0.392 e. The summed E-state index contributed by atoms with van der Waals surface area (Å²) in [5.41, 5.74) is 2.59. The first kappa shape index (κ1) is 16.5. The SMILES string of the molecule is O=C(NNSC1CCOCC1)c1cc(CO)cc(Cl)c1F. The number of aliphatic hydroxyl groups excluding tert-OH is 1. The molecule has 1 heterocycles. The first-order valence-corrected chi connectivity index (χ1v) is 7.75. The number of carbonyl (C=O) groups excluding carboxylic acids is 1. The van der Waals surface area contributed by atoms with Crippen LogP contribution in [0.1, 0.15) is 28.8 Å². The molecule has 21 heavy (non-hydrogen) atoms. The van der Waals surface area contributed by atoms with Crippen LogP contribution in [0, 0.1) is 5.82 Å². The van der Waals surface area contributed by atoms with E-state index >= 15 is 0 Å². The van der Waals surface area contributed by atoms with Crippen molar-refractivity contribution in [1.82, 2.24) is 10.3 Å². The molecular formula is C13H16ClFN2O3S. The summed E-state index contributed by atoms with van der Waals surface area (Å²) in [5.74, 6) is -1.44. The number of carbonyl (C=O) groups is 1. The highest BCUT2D eigenvalue weighted by molar-refractivity contribution is 7.98. The third-order valence-electron chi connectivity index (χ3n) is 3.07. The van der Waals surface area contributed by atoms with Gasteiger partial charge in [-0.05, 0) is 30.5 Å². The normalized spacial score (nSPS) is 16.0. The Morgan fingerprint density at radius 3 is 2.86 bits per heavy atom.